The fraction of sp³-hybridized carbons (Fsp3) is 0.316. The first-order chi connectivity index (χ1) is 11.8. The molecule has 1 N–H and O–H groups in total. The number of amides is 3. The molecule has 0 bridgehead atoms. The molecule has 1 atom stereocenters. The van der Waals surface area contributed by atoms with Gasteiger partial charge in [-0.15, -0.1) is 0 Å². The number of nitrogens with one attached hydrogen (secondary N) is 1. The summed E-state index contributed by atoms with van der Waals surface area (Å²) in [6, 6.07) is 10.3. The lowest BCUT2D eigenvalue weighted by Gasteiger charge is -2.22. The average Bonchev–Trinajstić information content (AvgIpc) is 2.98. The standard InChI is InChI=1S/C19H21N3O3/c1-12-10-15(13(2)21(12)4)16(23)11-22-17(24)19(3,20-18(22)25)14-8-6-5-7-9-14/h5-10H,11H2,1-4H3,(H,20,25). The van der Waals surface area contributed by atoms with Gasteiger partial charge in [-0.3, -0.25) is 14.5 Å². The van der Waals surface area contributed by atoms with Crippen LogP contribution in [-0.4, -0.2) is 33.7 Å². The van der Waals surface area contributed by atoms with Crippen LogP contribution in [0.3, 0.4) is 0 Å². The monoisotopic (exact) mass is 339 g/mol. The molecule has 1 unspecified atom stereocenters. The van der Waals surface area contributed by atoms with E-state index in [4.69, 9.17) is 0 Å². The number of hydrogen-bond donors (Lipinski definition) is 1. The minimum Gasteiger partial charge on any atom is -0.351 e. The Labute approximate surface area is 146 Å². The van der Waals surface area contributed by atoms with Crippen LogP contribution in [0.5, 0.6) is 0 Å². The number of hydrogen-bond acceptors (Lipinski definition) is 3. The van der Waals surface area contributed by atoms with Crippen LogP contribution in [0.4, 0.5) is 4.79 Å². The van der Waals surface area contributed by atoms with Crippen molar-refractivity contribution in [1.82, 2.24) is 14.8 Å². The lowest BCUT2D eigenvalue weighted by molar-refractivity contribution is -0.130. The van der Waals surface area contributed by atoms with E-state index in [9.17, 15) is 14.4 Å². The lowest BCUT2D eigenvalue weighted by atomic mass is 9.92. The fourth-order valence-corrected chi connectivity index (χ4v) is 3.17. The summed E-state index contributed by atoms with van der Waals surface area (Å²) in [6.07, 6.45) is 0. The first kappa shape index (κ1) is 17.0. The summed E-state index contributed by atoms with van der Waals surface area (Å²) in [4.78, 5) is 38.8. The summed E-state index contributed by atoms with van der Waals surface area (Å²) in [5.74, 6) is -0.663. The third-order valence-corrected chi connectivity index (χ3v) is 5.00. The first-order valence-corrected chi connectivity index (χ1v) is 8.11. The van der Waals surface area contributed by atoms with Gasteiger partial charge < -0.3 is 9.88 Å². The molecule has 1 aliphatic heterocycles. The second-order valence-electron chi connectivity index (χ2n) is 6.58. The molecule has 2 heterocycles. The number of carbonyl (C=O) groups excluding carboxylic acids is 3. The Morgan fingerprint density at radius 3 is 2.36 bits per heavy atom. The van der Waals surface area contributed by atoms with Crippen molar-refractivity contribution >= 4 is 17.7 Å². The van der Waals surface area contributed by atoms with Gasteiger partial charge in [0.25, 0.3) is 5.91 Å². The number of aromatic nitrogens is 1. The van der Waals surface area contributed by atoms with Gasteiger partial charge in [-0.2, -0.15) is 0 Å². The molecule has 6 nitrogen and oxygen atoms in total. The van der Waals surface area contributed by atoms with E-state index in [2.05, 4.69) is 5.32 Å². The van der Waals surface area contributed by atoms with Crippen molar-refractivity contribution in [3.05, 3.63) is 58.9 Å². The highest BCUT2D eigenvalue weighted by atomic mass is 16.2. The van der Waals surface area contributed by atoms with E-state index < -0.39 is 17.5 Å². The molecule has 3 rings (SSSR count). The van der Waals surface area contributed by atoms with E-state index in [1.165, 1.54) is 0 Å². The Hall–Kier alpha value is -2.89. The van der Waals surface area contributed by atoms with Crippen molar-refractivity contribution in [3.63, 3.8) is 0 Å². The molecule has 3 amide bonds. The normalized spacial score (nSPS) is 20.1. The van der Waals surface area contributed by atoms with E-state index in [-0.39, 0.29) is 12.3 Å². The quantitative estimate of drug-likeness (QED) is 0.686. The number of nitrogens with zero attached hydrogens (tertiary/aromatic N) is 2. The maximum absolute atomic E-state index is 12.8. The number of urea groups is 1. The van der Waals surface area contributed by atoms with Crippen LogP contribution in [0.15, 0.2) is 36.4 Å². The molecule has 1 fully saturated rings. The largest absolute Gasteiger partial charge is 0.351 e. The van der Waals surface area contributed by atoms with E-state index in [1.807, 2.05) is 43.7 Å². The minimum atomic E-state index is -1.15. The molecule has 1 saturated heterocycles. The molecule has 1 aromatic carbocycles. The molecular weight excluding hydrogens is 318 g/mol. The number of imide groups is 1. The maximum atomic E-state index is 12.8. The van der Waals surface area contributed by atoms with Crippen LogP contribution in [-0.2, 0) is 17.4 Å². The van der Waals surface area contributed by atoms with Crippen LogP contribution >= 0.6 is 0 Å². The van der Waals surface area contributed by atoms with Crippen molar-refractivity contribution in [2.24, 2.45) is 7.05 Å². The molecule has 0 radical (unpaired) electrons. The van der Waals surface area contributed by atoms with Crippen molar-refractivity contribution in [1.29, 1.82) is 0 Å². The molecule has 0 spiro atoms. The molecule has 25 heavy (non-hydrogen) atoms. The highest BCUT2D eigenvalue weighted by Gasteiger charge is 2.49. The predicted molar refractivity (Wildman–Crippen MR) is 93.3 cm³/mol. The smallest absolute Gasteiger partial charge is 0.325 e. The van der Waals surface area contributed by atoms with Crippen LogP contribution in [0.2, 0.25) is 0 Å². The third-order valence-electron chi connectivity index (χ3n) is 5.00. The predicted octanol–water partition coefficient (Wildman–Crippen LogP) is 2.29. The Kier molecular flexibility index (Phi) is 3.99. The molecule has 1 aliphatic rings. The van der Waals surface area contributed by atoms with Crippen LogP contribution < -0.4 is 5.32 Å². The molecule has 2 aromatic rings. The molecular formula is C19H21N3O3. The number of aryl methyl sites for hydroxylation is 1. The van der Waals surface area contributed by atoms with Crippen molar-refractivity contribution in [3.8, 4) is 0 Å². The zero-order valence-electron chi connectivity index (χ0n) is 14.8. The highest BCUT2D eigenvalue weighted by molar-refractivity contribution is 6.11. The topological polar surface area (TPSA) is 71.4 Å². The van der Waals surface area contributed by atoms with Gasteiger partial charge in [0, 0.05) is 24.0 Å². The molecule has 130 valence electrons. The lowest BCUT2D eigenvalue weighted by Crippen LogP contribution is -2.41. The van der Waals surface area contributed by atoms with Crippen molar-refractivity contribution < 1.29 is 14.4 Å². The SMILES string of the molecule is Cc1cc(C(=O)CN2C(=O)NC(C)(c3ccccc3)C2=O)c(C)n1C. The Balaban J connectivity index is 1.86. The minimum absolute atomic E-state index is 0.248. The Morgan fingerprint density at radius 2 is 1.80 bits per heavy atom. The Morgan fingerprint density at radius 1 is 1.16 bits per heavy atom. The number of benzene rings is 1. The van der Waals surface area contributed by atoms with Gasteiger partial charge in [0.1, 0.15) is 5.54 Å². The maximum Gasteiger partial charge on any atom is 0.325 e. The first-order valence-electron chi connectivity index (χ1n) is 8.11. The van der Waals surface area contributed by atoms with Gasteiger partial charge in [-0.05, 0) is 32.4 Å². The zero-order valence-corrected chi connectivity index (χ0v) is 14.8. The van der Waals surface area contributed by atoms with Crippen LogP contribution in [0.1, 0.15) is 34.2 Å². The Bertz CT molecular complexity index is 870. The highest BCUT2D eigenvalue weighted by Crippen LogP contribution is 2.29. The molecule has 6 heteroatoms. The second kappa shape index (κ2) is 5.88. The van der Waals surface area contributed by atoms with Gasteiger partial charge in [-0.25, -0.2) is 4.79 Å². The summed E-state index contributed by atoms with van der Waals surface area (Å²) in [5, 5.41) is 2.71. The number of ketones is 1. The summed E-state index contributed by atoms with van der Waals surface area (Å²) in [7, 11) is 1.88. The van der Waals surface area contributed by atoms with Gasteiger partial charge in [0.05, 0.1) is 6.54 Å². The second-order valence-corrected chi connectivity index (χ2v) is 6.58. The van der Waals surface area contributed by atoms with Gasteiger partial charge in [0.2, 0.25) is 0 Å². The average molecular weight is 339 g/mol. The zero-order chi connectivity index (χ0) is 18.4. The summed E-state index contributed by atoms with van der Waals surface area (Å²) in [6.45, 7) is 5.15. The third kappa shape index (κ3) is 2.63. The summed E-state index contributed by atoms with van der Waals surface area (Å²) < 4.78 is 1.91. The van der Waals surface area contributed by atoms with Gasteiger partial charge in [0.15, 0.2) is 5.78 Å². The summed E-state index contributed by atoms with van der Waals surface area (Å²) >= 11 is 0. The summed E-state index contributed by atoms with van der Waals surface area (Å²) in [5.41, 5.74) is 1.84. The number of Topliss-reactive ketones (excluding diaryl/α,β-unsaturated/α-hetero) is 1. The van der Waals surface area contributed by atoms with E-state index >= 15 is 0 Å². The van der Waals surface area contributed by atoms with E-state index in [1.54, 1.807) is 25.1 Å². The van der Waals surface area contributed by atoms with E-state index in [0.29, 0.717) is 11.1 Å². The van der Waals surface area contributed by atoms with Crippen molar-refractivity contribution in [2.45, 2.75) is 26.3 Å². The number of carbonyl (C=O) groups is 3. The van der Waals surface area contributed by atoms with Gasteiger partial charge >= 0.3 is 6.03 Å². The van der Waals surface area contributed by atoms with Gasteiger partial charge in [-0.1, -0.05) is 30.3 Å². The molecule has 1 aromatic heterocycles. The molecule has 0 saturated carbocycles. The van der Waals surface area contributed by atoms with Crippen LogP contribution in [0.25, 0.3) is 0 Å². The molecule has 0 aliphatic carbocycles. The number of rotatable bonds is 4. The van der Waals surface area contributed by atoms with E-state index in [0.717, 1.165) is 16.3 Å². The van der Waals surface area contributed by atoms with Crippen molar-refractivity contribution in [2.75, 3.05) is 6.54 Å². The fourth-order valence-electron chi connectivity index (χ4n) is 3.17. The van der Waals surface area contributed by atoms with Crippen LogP contribution in [0, 0.1) is 13.8 Å².